The smallest absolute Gasteiger partial charge is 0.243 e. The highest BCUT2D eigenvalue weighted by atomic mass is 32.2. The third-order valence-electron chi connectivity index (χ3n) is 5.86. The largest absolute Gasteiger partial charge is 0.496 e. The van der Waals surface area contributed by atoms with Gasteiger partial charge in [-0.1, -0.05) is 18.2 Å². The fourth-order valence-corrected chi connectivity index (χ4v) is 5.96. The number of hydrogen-bond donors (Lipinski definition) is 1. The summed E-state index contributed by atoms with van der Waals surface area (Å²) in [5, 5.41) is 2.63. The van der Waals surface area contributed by atoms with Crippen LogP contribution in [-0.2, 0) is 31.6 Å². The average molecular weight is 431 g/mol. The van der Waals surface area contributed by atoms with Gasteiger partial charge in [-0.3, -0.25) is 4.79 Å². The van der Waals surface area contributed by atoms with E-state index in [4.69, 9.17) is 9.47 Å². The number of carbonyl (C=O) groups is 1. The summed E-state index contributed by atoms with van der Waals surface area (Å²) in [6, 6.07) is 12.4. The van der Waals surface area contributed by atoms with Gasteiger partial charge in [-0.15, -0.1) is 0 Å². The number of carbonyl (C=O) groups excluding carboxylic acids is 1. The molecule has 160 valence electrons. The van der Waals surface area contributed by atoms with Crippen LogP contribution in [0.5, 0.6) is 5.75 Å². The van der Waals surface area contributed by atoms with Crippen LogP contribution >= 0.6 is 0 Å². The van der Waals surface area contributed by atoms with Gasteiger partial charge in [0, 0.05) is 31.3 Å². The van der Waals surface area contributed by atoms with Crippen LogP contribution in [0.15, 0.2) is 47.4 Å². The van der Waals surface area contributed by atoms with E-state index in [-0.39, 0.29) is 10.8 Å². The molecule has 0 aromatic heterocycles. The van der Waals surface area contributed by atoms with Crippen LogP contribution in [0, 0.1) is 0 Å². The van der Waals surface area contributed by atoms with Crippen molar-refractivity contribution in [1.29, 1.82) is 0 Å². The molecule has 0 atom stereocenters. The predicted molar refractivity (Wildman–Crippen MR) is 113 cm³/mol. The molecular weight excluding hydrogens is 404 g/mol. The van der Waals surface area contributed by atoms with Crippen LogP contribution in [0.4, 0.5) is 5.69 Å². The number of nitrogens with zero attached hydrogens (tertiary/aromatic N) is 1. The second-order valence-corrected chi connectivity index (χ2v) is 9.64. The number of ether oxygens (including phenoxy) is 2. The fraction of sp³-hybridized carbons (Fsp3) is 0.409. The van der Waals surface area contributed by atoms with Crippen molar-refractivity contribution in [2.24, 2.45) is 0 Å². The SMILES string of the molecule is COc1cccc2c1C1(CCN(S(=O)(=O)c3cccc(NC(C)=O)c3)CC1)OCC2. The molecule has 1 fully saturated rings. The highest BCUT2D eigenvalue weighted by Crippen LogP contribution is 2.46. The van der Waals surface area contributed by atoms with Crippen molar-refractivity contribution in [2.75, 3.05) is 32.1 Å². The molecule has 30 heavy (non-hydrogen) atoms. The van der Waals surface area contributed by atoms with E-state index in [0.29, 0.717) is 38.2 Å². The van der Waals surface area contributed by atoms with E-state index in [1.54, 1.807) is 25.3 Å². The highest BCUT2D eigenvalue weighted by molar-refractivity contribution is 7.89. The summed E-state index contributed by atoms with van der Waals surface area (Å²) in [5.41, 5.74) is 2.21. The maximum atomic E-state index is 13.2. The molecule has 1 N–H and O–H groups in total. The fourth-order valence-electron chi connectivity index (χ4n) is 4.47. The van der Waals surface area contributed by atoms with Gasteiger partial charge in [0.05, 0.1) is 24.2 Å². The monoisotopic (exact) mass is 430 g/mol. The third-order valence-corrected chi connectivity index (χ3v) is 7.75. The van der Waals surface area contributed by atoms with Gasteiger partial charge in [-0.25, -0.2) is 8.42 Å². The van der Waals surface area contributed by atoms with Gasteiger partial charge in [0.25, 0.3) is 0 Å². The zero-order valence-electron chi connectivity index (χ0n) is 17.2. The molecule has 0 unspecified atom stereocenters. The van der Waals surface area contributed by atoms with Crippen molar-refractivity contribution < 1.29 is 22.7 Å². The summed E-state index contributed by atoms with van der Waals surface area (Å²) >= 11 is 0. The number of nitrogens with one attached hydrogen (secondary N) is 1. The van der Waals surface area contributed by atoms with E-state index in [0.717, 1.165) is 17.7 Å². The minimum atomic E-state index is -3.67. The Morgan fingerprint density at radius 1 is 1.17 bits per heavy atom. The van der Waals surface area contributed by atoms with Gasteiger partial charge in [0.15, 0.2) is 0 Å². The number of piperidine rings is 1. The molecule has 1 amide bonds. The molecule has 2 aromatic rings. The average Bonchev–Trinajstić information content (AvgIpc) is 2.73. The predicted octanol–water partition coefficient (Wildman–Crippen LogP) is 2.91. The first kappa shape index (κ1) is 20.8. The second kappa shape index (κ2) is 8.02. The zero-order chi connectivity index (χ0) is 21.4. The topological polar surface area (TPSA) is 84.9 Å². The minimum absolute atomic E-state index is 0.173. The van der Waals surface area contributed by atoms with Crippen molar-refractivity contribution in [3.63, 3.8) is 0 Å². The lowest BCUT2D eigenvalue weighted by atomic mass is 9.79. The van der Waals surface area contributed by atoms with Gasteiger partial charge in [0.2, 0.25) is 15.9 Å². The van der Waals surface area contributed by atoms with Crippen LogP contribution in [0.3, 0.4) is 0 Å². The Labute approximate surface area is 177 Å². The van der Waals surface area contributed by atoms with Crippen LogP contribution in [0.25, 0.3) is 0 Å². The van der Waals surface area contributed by atoms with Crippen molar-refractivity contribution in [2.45, 2.75) is 36.7 Å². The Morgan fingerprint density at radius 3 is 2.60 bits per heavy atom. The molecule has 7 nitrogen and oxygen atoms in total. The Balaban J connectivity index is 1.58. The van der Waals surface area contributed by atoms with Crippen LogP contribution in [0.2, 0.25) is 0 Å². The molecule has 0 aliphatic carbocycles. The van der Waals surface area contributed by atoms with Gasteiger partial charge in [-0.05, 0) is 49.1 Å². The second-order valence-electron chi connectivity index (χ2n) is 7.70. The summed E-state index contributed by atoms with van der Waals surface area (Å²) < 4.78 is 39.8. The zero-order valence-corrected chi connectivity index (χ0v) is 18.0. The van der Waals surface area contributed by atoms with Crippen molar-refractivity contribution in [3.8, 4) is 5.75 Å². The number of fused-ring (bicyclic) bond motifs is 2. The number of methoxy groups -OCH3 is 1. The quantitative estimate of drug-likeness (QED) is 0.806. The molecule has 8 heteroatoms. The Hall–Kier alpha value is -2.42. The molecule has 1 spiro atoms. The summed E-state index contributed by atoms with van der Waals surface area (Å²) in [7, 11) is -2.02. The lowest BCUT2D eigenvalue weighted by molar-refractivity contribution is -0.114. The lowest BCUT2D eigenvalue weighted by Gasteiger charge is -2.45. The van der Waals surface area contributed by atoms with Gasteiger partial charge >= 0.3 is 0 Å². The Bertz CT molecular complexity index is 1040. The van der Waals surface area contributed by atoms with E-state index in [1.807, 2.05) is 12.1 Å². The van der Waals surface area contributed by atoms with Crippen LogP contribution in [-0.4, -0.2) is 45.4 Å². The molecule has 2 heterocycles. The molecule has 2 aromatic carbocycles. The number of sulfonamides is 1. The lowest BCUT2D eigenvalue weighted by Crippen LogP contribution is -2.48. The summed E-state index contributed by atoms with van der Waals surface area (Å²) in [5.74, 6) is 0.554. The van der Waals surface area contributed by atoms with E-state index < -0.39 is 15.6 Å². The third kappa shape index (κ3) is 3.71. The van der Waals surface area contributed by atoms with Crippen LogP contribution in [0.1, 0.15) is 30.9 Å². The van der Waals surface area contributed by atoms with Gasteiger partial charge in [-0.2, -0.15) is 4.31 Å². The summed E-state index contributed by atoms with van der Waals surface area (Å²) in [6.45, 7) is 2.71. The molecule has 4 rings (SSSR count). The maximum Gasteiger partial charge on any atom is 0.243 e. The van der Waals surface area contributed by atoms with Gasteiger partial charge in [0.1, 0.15) is 5.75 Å². The Morgan fingerprint density at radius 2 is 1.90 bits per heavy atom. The highest BCUT2D eigenvalue weighted by Gasteiger charge is 2.45. The number of hydrogen-bond acceptors (Lipinski definition) is 5. The number of rotatable bonds is 4. The first-order valence-electron chi connectivity index (χ1n) is 10.0. The van der Waals surface area contributed by atoms with E-state index in [1.165, 1.54) is 22.9 Å². The first-order chi connectivity index (χ1) is 14.4. The molecule has 1 saturated heterocycles. The molecule has 2 aliphatic rings. The molecule has 0 bridgehead atoms. The van der Waals surface area contributed by atoms with E-state index >= 15 is 0 Å². The first-order valence-corrected chi connectivity index (χ1v) is 11.5. The minimum Gasteiger partial charge on any atom is -0.496 e. The number of anilines is 1. The van der Waals surface area contributed by atoms with Crippen molar-refractivity contribution in [1.82, 2.24) is 4.31 Å². The summed E-state index contributed by atoms with van der Waals surface area (Å²) in [4.78, 5) is 11.5. The number of benzene rings is 2. The van der Waals surface area contributed by atoms with E-state index in [2.05, 4.69) is 11.4 Å². The standard InChI is InChI=1S/C22H26N2O5S/c1-16(25)23-18-6-4-7-19(15-18)30(26,27)24-12-10-22(11-13-24)21-17(9-14-29-22)5-3-8-20(21)28-2/h3-8,15H,9-14H2,1-2H3,(H,23,25). The van der Waals surface area contributed by atoms with E-state index in [9.17, 15) is 13.2 Å². The normalized spacial score (nSPS) is 18.6. The number of amides is 1. The maximum absolute atomic E-state index is 13.2. The van der Waals surface area contributed by atoms with Crippen molar-refractivity contribution in [3.05, 3.63) is 53.6 Å². The molecular formula is C22H26N2O5S. The summed E-state index contributed by atoms with van der Waals surface area (Å²) in [6.07, 6.45) is 1.95. The molecule has 0 radical (unpaired) electrons. The van der Waals surface area contributed by atoms with Crippen molar-refractivity contribution >= 4 is 21.6 Å². The molecule has 2 aliphatic heterocycles. The molecule has 0 saturated carbocycles. The van der Waals surface area contributed by atoms with Crippen LogP contribution < -0.4 is 10.1 Å². The van der Waals surface area contributed by atoms with Gasteiger partial charge < -0.3 is 14.8 Å². The Kier molecular flexibility index (Phi) is 5.57.